The molecule has 0 bridgehead atoms. The quantitative estimate of drug-likeness (QED) is 0.149. The van der Waals surface area contributed by atoms with Crippen LogP contribution in [0.4, 0.5) is 0 Å². The predicted molar refractivity (Wildman–Crippen MR) is 276 cm³/mol. The Hall–Kier alpha value is -6.97. The molecule has 9 aromatic rings. The summed E-state index contributed by atoms with van der Waals surface area (Å²) < 4.78 is 122. The Labute approximate surface area is 405 Å². The second-order valence-corrected chi connectivity index (χ2v) is 17.6. The summed E-state index contributed by atoms with van der Waals surface area (Å²) in [4.78, 5) is 5.53. The molecule has 0 radical (unpaired) electrons. The number of phenols is 1. The van der Waals surface area contributed by atoms with Crippen LogP contribution in [0.25, 0.3) is 83.7 Å². The standard InChI is InChI=1S/C62H60N2O/c1-39(2)47-31-51(43-20-14-11-15-21-43)36-54(35-47)64-58-25-17-24-55(59(58)63-61(64)57-38-48(40(3)4)37-56(41(5)6)60(57)65)52-33-49(42-18-12-10-13-19-42)32-50(34-52)46-23-16-22-45(30-46)44-26-28-53(29-27-44)62(7,8)9/h10-41,65H,1-9H3/i7D3,8D3,9D3,26D,27D,28D,29D,39D. The maximum atomic E-state index is 12.4. The van der Waals surface area contributed by atoms with Gasteiger partial charge in [0.2, 0.25) is 0 Å². The Morgan fingerprint density at radius 3 is 1.71 bits per heavy atom. The molecule has 3 heteroatoms. The Balaban J connectivity index is 1.31. The minimum Gasteiger partial charge on any atom is -0.507 e. The molecule has 8 aromatic carbocycles. The monoisotopic (exact) mass is 863 g/mol. The van der Waals surface area contributed by atoms with Gasteiger partial charge in [0.1, 0.15) is 11.6 Å². The number of imidazole rings is 1. The van der Waals surface area contributed by atoms with Gasteiger partial charge in [-0.3, -0.25) is 4.57 Å². The second kappa shape index (κ2) is 17.5. The van der Waals surface area contributed by atoms with E-state index in [1.165, 1.54) is 0 Å². The molecular weight excluding hydrogens is 789 g/mol. The molecule has 1 N–H and O–H groups in total. The van der Waals surface area contributed by atoms with Crippen LogP contribution in [-0.4, -0.2) is 14.7 Å². The van der Waals surface area contributed by atoms with Crippen molar-refractivity contribution in [2.75, 3.05) is 0 Å². The summed E-state index contributed by atoms with van der Waals surface area (Å²) in [6.45, 7) is 0.614. The highest BCUT2D eigenvalue weighted by Gasteiger charge is 2.25. The van der Waals surface area contributed by atoms with Crippen molar-refractivity contribution in [3.63, 3.8) is 0 Å². The molecule has 65 heavy (non-hydrogen) atoms. The minimum atomic E-state index is -3.81. The van der Waals surface area contributed by atoms with E-state index in [9.17, 15) is 9.22 Å². The fourth-order valence-corrected chi connectivity index (χ4v) is 8.47. The van der Waals surface area contributed by atoms with Crippen molar-refractivity contribution < 1.29 is 24.3 Å². The number of benzene rings is 8. The van der Waals surface area contributed by atoms with Gasteiger partial charge in [0.05, 0.1) is 22.1 Å². The maximum absolute atomic E-state index is 12.4. The average molecular weight is 863 g/mol. The lowest BCUT2D eigenvalue weighted by atomic mass is 9.86. The van der Waals surface area contributed by atoms with Crippen molar-refractivity contribution in [1.82, 2.24) is 9.55 Å². The first kappa shape index (κ1) is 29.5. The first-order valence-electron chi connectivity index (χ1n) is 29.0. The highest BCUT2D eigenvalue weighted by atomic mass is 16.3. The van der Waals surface area contributed by atoms with Crippen molar-refractivity contribution in [3.8, 4) is 78.5 Å². The zero-order valence-corrected chi connectivity index (χ0v) is 37.4. The van der Waals surface area contributed by atoms with Crippen LogP contribution in [0.5, 0.6) is 5.75 Å². The van der Waals surface area contributed by atoms with Gasteiger partial charge in [-0.25, -0.2) is 4.98 Å². The van der Waals surface area contributed by atoms with Crippen LogP contribution in [0.2, 0.25) is 0 Å². The zero-order valence-electron chi connectivity index (χ0n) is 51.4. The number of aromatic nitrogens is 2. The molecule has 0 aliphatic carbocycles. The topological polar surface area (TPSA) is 38.1 Å². The molecule has 9 rings (SSSR count). The molecule has 324 valence electrons. The van der Waals surface area contributed by atoms with Gasteiger partial charge in [0, 0.05) is 25.0 Å². The lowest BCUT2D eigenvalue weighted by Gasteiger charge is -2.19. The van der Waals surface area contributed by atoms with Gasteiger partial charge in [0.15, 0.2) is 0 Å². The van der Waals surface area contributed by atoms with Crippen LogP contribution in [0.3, 0.4) is 0 Å². The fraction of sp³-hybridized carbons (Fsp3) is 0.210. The number of phenolic OH excluding ortho intramolecular Hbond substituents is 1. The minimum absolute atomic E-state index is 0.0211. The third-order valence-electron chi connectivity index (χ3n) is 12.1. The molecule has 1 aromatic heterocycles. The molecule has 0 amide bonds. The predicted octanol–water partition coefficient (Wildman–Crippen LogP) is 17.4. The summed E-state index contributed by atoms with van der Waals surface area (Å²) in [6, 6.07) is 44.9. The SMILES string of the molecule is [2H]c1c([2H])c(C(C([2H])([2H])[2H])(C([2H])([2H])[2H])C([2H])([2H])[2H])c([2H])c([2H])c1-c1cccc(-c2cc(-c3ccccc3)cc(-c3cccc4c3nc(-c3cc(C(C)C)cc(C(C)C)c3O)n4-c3cc(-c4ccccc4)cc(C([2H])(C)C)c3)c2)c1. The molecule has 0 aliphatic rings. The van der Waals surface area contributed by atoms with Gasteiger partial charge >= 0.3 is 0 Å². The van der Waals surface area contributed by atoms with Crippen molar-refractivity contribution in [1.29, 1.82) is 0 Å². The van der Waals surface area contributed by atoms with E-state index in [0.717, 1.165) is 61.3 Å². The largest absolute Gasteiger partial charge is 0.507 e. The lowest BCUT2D eigenvalue weighted by molar-refractivity contribution is 0.466. The maximum Gasteiger partial charge on any atom is 0.149 e. The third kappa shape index (κ3) is 8.68. The Morgan fingerprint density at radius 2 is 1.09 bits per heavy atom. The number of hydrogen-bond acceptors (Lipinski definition) is 2. The number of rotatable bonds is 10. The van der Waals surface area contributed by atoms with E-state index in [1.807, 2.05) is 143 Å². The first-order valence-corrected chi connectivity index (χ1v) is 22.0. The molecular formula is C62H60N2O. The summed E-state index contributed by atoms with van der Waals surface area (Å²) in [7, 11) is 0. The molecule has 3 nitrogen and oxygen atoms in total. The van der Waals surface area contributed by atoms with Crippen LogP contribution < -0.4 is 0 Å². The smallest absolute Gasteiger partial charge is 0.149 e. The van der Waals surface area contributed by atoms with Gasteiger partial charge < -0.3 is 5.11 Å². The van der Waals surface area contributed by atoms with Crippen molar-refractivity contribution >= 4 is 11.0 Å². The third-order valence-corrected chi connectivity index (χ3v) is 12.1. The zero-order chi connectivity index (χ0) is 57.5. The normalized spacial score (nSPS) is 15.8. The van der Waals surface area contributed by atoms with Gasteiger partial charge in [-0.1, -0.05) is 189 Å². The first-order chi connectivity index (χ1) is 37.0. The Morgan fingerprint density at radius 1 is 0.523 bits per heavy atom. The van der Waals surface area contributed by atoms with Crippen molar-refractivity contribution in [3.05, 3.63) is 198 Å². The van der Waals surface area contributed by atoms with Crippen molar-refractivity contribution in [2.24, 2.45) is 0 Å². The van der Waals surface area contributed by atoms with Gasteiger partial charge in [-0.2, -0.15) is 0 Å². The number of aromatic hydroxyl groups is 1. The number of hydrogen-bond donors (Lipinski definition) is 1. The van der Waals surface area contributed by atoms with Crippen LogP contribution >= 0.6 is 0 Å². The molecule has 1 heterocycles. The van der Waals surface area contributed by atoms with Gasteiger partial charge in [-0.05, 0) is 144 Å². The lowest BCUT2D eigenvalue weighted by Crippen LogP contribution is -2.10. The van der Waals surface area contributed by atoms with Gasteiger partial charge in [-0.15, -0.1) is 0 Å². The van der Waals surface area contributed by atoms with Crippen LogP contribution in [-0.2, 0) is 5.41 Å². The molecule has 0 saturated heterocycles. The van der Waals surface area contributed by atoms with Crippen molar-refractivity contribution in [2.45, 2.75) is 85.2 Å². The molecule has 0 unspecified atom stereocenters. The molecule has 0 spiro atoms. The van der Waals surface area contributed by atoms with E-state index in [-0.39, 0.29) is 28.7 Å². The summed E-state index contributed by atoms with van der Waals surface area (Å²) in [5, 5.41) is 12.4. The molecule has 0 fully saturated rings. The van der Waals surface area contributed by atoms with Crippen LogP contribution in [0.1, 0.15) is 121 Å². The highest BCUT2D eigenvalue weighted by molar-refractivity contribution is 5.98. The van der Waals surface area contributed by atoms with E-state index in [0.29, 0.717) is 28.0 Å². The Kier molecular flexibility index (Phi) is 7.95. The van der Waals surface area contributed by atoms with E-state index in [1.54, 1.807) is 18.2 Å². The highest BCUT2D eigenvalue weighted by Crippen LogP contribution is 2.44. The van der Waals surface area contributed by atoms with E-state index >= 15 is 0 Å². The van der Waals surface area contributed by atoms with E-state index < -0.39 is 61.6 Å². The second-order valence-electron chi connectivity index (χ2n) is 17.6. The summed E-state index contributed by atoms with van der Waals surface area (Å²) in [5.41, 5.74) is 6.47. The summed E-state index contributed by atoms with van der Waals surface area (Å²) in [5.74, 6) is -0.286. The molecule has 0 aliphatic heterocycles. The number of fused-ring (bicyclic) bond motifs is 1. The van der Waals surface area contributed by atoms with Gasteiger partial charge in [0.25, 0.3) is 0 Å². The van der Waals surface area contributed by atoms with Crippen LogP contribution in [0, 0.1) is 0 Å². The number of para-hydroxylation sites is 1. The molecule has 0 atom stereocenters. The number of nitrogens with zero attached hydrogens (tertiary/aromatic N) is 2. The summed E-state index contributed by atoms with van der Waals surface area (Å²) >= 11 is 0. The average Bonchev–Trinajstić information content (AvgIpc) is 3.93. The van der Waals surface area contributed by atoms with E-state index in [2.05, 4.69) is 36.6 Å². The van der Waals surface area contributed by atoms with Crippen LogP contribution in [0.15, 0.2) is 176 Å². The fourth-order valence-electron chi connectivity index (χ4n) is 8.47. The van der Waals surface area contributed by atoms with E-state index in [4.69, 9.17) is 20.1 Å². The Bertz CT molecular complexity index is 3730. The molecule has 0 saturated carbocycles. The summed E-state index contributed by atoms with van der Waals surface area (Å²) in [6.07, 6.45) is 0.